The maximum absolute atomic E-state index is 6.26. The van der Waals surface area contributed by atoms with Crippen LogP contribution in [0.5, 0.6) is 5.75 Å². The van der Waals surface area contributed by atoms with Gasteiger partial charge in [0.05, 0.1) is 5.52 Å². The fraction of sp³-hybridized carbons (Fsp3) is 0.238. The normalized spacial score (nSPS) is 15.6. The molecule has 0 spiro atoms. The Bertz CT molecular complexity index is 973. The quantitative estimate of drug-likeness (QED) is 0.572. The van der Waals surface area contributed by atoms with Gasteiger partial charge in [-0.05, 0) is 50.6 Å². The number of aryl methyl sites for hydroxylation is 1. The number of benzene rings is 2. The average molecular weight is 303 g/mol. The van der Waals surface area contributed by atoms with E-state index in [1.165, 1.54) is 32.9 Å². The number of aromatic nitrogens is 1. The van der Waals surface area contributed by atoms with Crippen LogP contribution in [-0.4, -0.2) is 10.2 Å². The van der Waals surface area contributed by atoms with Crippen LogP contribution in [0.1, 0.15) is 25.0 Å². The first kappa shape index (κ1) is 14.1. The molecule has 1 aliphatic heterocycles. The van der Waals surface area contributed by atoms with E-state index >= 15 is 0 Å². The van der Waals surface area contributed by atoms with Gasteiger partial charge in [-0.2, -0.15) is 0 Å². The Morgan fingerprint density at radius 3 is 2.78 bits per heavy atom. The molecule has 0 unspecified atom stereocenters. The molecule has 0 radical (unpaired) electrons. The Kier molecular flexibility index (Phi) is 2.92. The second kappa shape index (κ2) is 4.76. The van der Waals surface area contributed by atoms with E-state index in [2.05, 4.69) is 74.4 Å². The lowest BCUT2D eigenvalue weighted by Gasteiger charge is -2.29. The molecule has 0 bridgehead atoms. The predicted molar refractivity (Wildman–Crippen MR) is 98.1 cm³/mol. The third-order valence-corrected chi connectivity index (χ3v) is 4.56. The van der Waals surface area contributed by atoms with Gasteiger partial charge < -0.3 is 9.30 Å². The molecular formula is C21H21NO. The van der Waals surface area contributed by atoms with Crippen molar-refractivity contribution in [1.29, 1.82) is 0 Å². The van der Waals surface area contributed by atoms with Crippen molar-refractivity contribution in [2.75, 3.05) is 0 Å². The Labute approximate surface area is 136 Å². The molecule has 0 fully saturated rings. The molecule has 2 aromatic carbocycles. The largest absolute Gasteiger partial charge is 0.483 e. The number of hydrogen-bond acceptors (Lipinski definition) is 1. The van der Waals surface area contributed by atoms with E-state index in [4.69, 9.17) is 4.74 Å². The lowest BCUT2D eigenvalue weighted by atomic mass is 9.97. The van der Waals surface area contributed by atoms with Crippen molar-refractivity contribution in [2.45, 2.75) is 32.9 Å². The standard InChI is InChI=1S/C21H21NO/c1-5-12-22-18-9-7-6-8-15(18)17-13-14(2)20-16(19(17)22)10-11-21(3,4)23-20/h5-11,13H,1,12H2,2-4H3. The van der Waals surface area contributed by atoms with E-state index in [1.807, 2.05) is 6.08 Å². The monoisotopic (exact) mass is 303 g/mol. The summed E-state index contributed by atoms with van der Waals surface area (Å²) in [5, 5.41) is 2.57. The van der Waals surface area contributed by atoms with Gasteiger partial charge in [-0.25, -0.2) is 0 Å². The number of rotatable bonds is 2. The van der Waals surface area contributed by atoms with Crippen LogP contribution < -0.4 is 4.74 Å². The maximum atomic E-state index is 6.26. The van der Waals surface area contributed by atoms with Gasteiger partial charge in [0.2, 0.25) is 0 Å². The van der Waals surface area contributed by atoms with Gasteiger partial charge >= 0.3 is 0 Å². The van der Waals surface area contributed by atoms with Crippen molar-refractivity contribution in [3.63, 3.8) is 0 Å². The van der Waals surface area contributed by atoms with Crippen molar-refractivity contribution in [3.8, 4) is 5.75 Å². The molecule has 2 nitrogen and oxygen atoms in total. The van der Waals surface area contributed by atoms with Crippen LogP contribution in [0.15, 0.2) is 49.1 Å². The van der Waals surface area contributed by atoms with Gasteiger partial charge in [0.1, 0.15) is 11.4 Å². The van der Waals surface area contributed by atoms with Crippen LogP contribution in [0.25, 0.3) is 27.9 Å². The van der Waals surface area contributed by atoms with Crippen LogP contribution in [0, 0.1) is 6.92 Å². The minimum Gasteiger partial charge on any atom is -0.483 e. The third-order valence-electron chi connectivity index (χ3n) is 4.56. The van der Waals surface area contributed by atoms with Crippen molar-refractivity contribution in [1.82, 2.24) is 4.57 Å². The highest BCUT2D eigenvalue weighted by Crippen LogP contribution is 2.42. The Morgan fingerprint density at radius 1 is 1.22 bits per heavy atom. The van der Waals surface area contributed by atoms with Crippen molar-refractivity contribution in [3.05, 3.63) is 60.2 Å². The summed E-state index contributed by atoms with van der Waals surface area (Å²) in [5.74, 6) is 0.998. The van der Waals surface area contributed by atoms with Gasteiger partial charge in [-0.1, -0.05) is 24.3 Å². The van der Waals surface area contributed by atoms with Crippen LogP contribution in [0.4, 0.5) is 0 Å². The fourth-order valence-corrected chi connectivity index (χ4v) is 3.56. The van der Waals surface area contributed by atoms with Gasteiger partial charge in [-0.3, -0.25) is 0 Å². The predicted octanol–water partition coefficient (Wildman–Crippen LogP) is 5.47. The van der Waals surface area contributed by atoms with E-state index in [0.29, 0.717) is 0 Å². The molecule has 0 saturated carbocycles. The molecule has 2 heterocycles. The summed E-state index contributed by atoms with van der Waals surface area (Å²) < 4.78 is 8.60. The number of allylic oxidation sites excluding steroid dienone is 1. The Balaban J connectivity index is 2.19. The van der Waals surface area contributed by atoms with Crippen LogP contribution in [0.2, 0.25) is 0 Å². The molecule has 3 aromatic rings. The van der Waals surface area contributed by atoms with Crippen molar-refractivity contribution < 1.29 is 4.74 Å². The highest BCUT2D eigenvalue weighted by molar-refractivity contribution is 6.11. The van der Waals surface area contributed by atoms with Gasteiger partial charge in [0.15, 0.2) is 0 Å². The smallest absolute Gasteiger partial charge is 0.132 e. The Hall–Kier alpha value is -2.48. The number of nitrogens with zero attached hydrogens (tertiary/aromatic N) is 1. The minimum absolute atomic E-state index is 0.263. The maximum Gasteiger partial charge on any atom is 0.132 e. The number of ether oxygens (including phenoxy) is 1. The summed E-state index contributed by atoms with van der Waals surface area (Å²) in [6.45, 7) is 11.0. The zero-order valence-electron chi connectivity index (χ0n) is 13.9. The molecule has 23 heavy (non-hydrogen) atoms. The lowest BCUT2D eigenvalue weighted by molar-refractivity contribution is 0.158. The molecule has 0 N–H and O–H groups in total. The van der Waals surface area contributed by atoms with E-state index in [-0.39, 0.29) is 5.60 Å². The molecule has 0 atom stereocenters. The molecular weight excluding hydrogens is 282 g/mol. The molecule has 1 aliphatic rings. The second-order valence-corrected chi connectivity index (χ2v) is 6.79. The van der Waals surface area contributed by atoms with E-state index < -0.39 is 0 Å². The first-order chi connectivity index (χ1) is 11.0. The molecule has 0 amide bonds. The number of para-hydroxylation sites is 1. The van der Waals surface area contributed by atoms with E-state index in [1.54, 1.807) is 0 Å². The van der Waals surface area contributed by atoms with Gasteiger partial charge in [0, 0.05) is 28.4 Å². The molecule has 0 aliphatic carbocycles. The van der Waals surface area contributed by atoms with Gasteiger partial charge in [0.25, 0.3) is 0 Å². The summed E-state index contributed by atoms with van der Waals surface area (Å²) in [6, 6.07) is 10.8. The Morgan fingerprint density at radius 2 is 2.00 bits per heavy atom. The molecule has 0 saturated heterocycles. The van der Waals surface area contributed by atoms with Gasteiger partial charge in [-0.15, -0.1) is 6.58 Å². The highest BCUT2D eigenvalue weighted by atomic mass is 16.5. The van der Waals surface area contributed by atoms with Crippen molar-refractivity contribution >= 4 is 27.9 Å². The van der Waals surface area contributed by atoms with E-state index in [9.17, 15) is 0 Å². The molecule has 1 aromatic heterocycles. The average Bonchev–Trinajstić information content (AvgIpc) is 2.82. The van der Waals surface area contributed by atoms with Crippen molar-refractivity contribution in [2.24, 2.45) is 0 Å². The summed E-state index contributed by atoms with van der Waals surface area (Å²) in [6.07, 6.45) is 6.31. The number of hydrogen-bond donors (Lipinski definition) is 0. The molecule has 4 rings (SSSR count). The topological polar surface area (TPSA) is 14.2 Å². The SMILES string of the molecule is C=CCn1c2ccccc2c2cc(C)c3c(c21)C=CC(C)(C)O3. The highest BCUT2D eigenvalue weighted by Gasteiger charge is 2.26. The third kappa shape index (κ3) is 2.02. The first-order valence-electron chi connectivity index (χ1n) is 8.05. The first-order valence-corrected chi connectivity index (χ1v) is 8.05. The minimum atomic E-state index is -0.263. The van der Waals surface area contributed by atoms with Crippen LogP contribution >= 0.6 is 0 Å². The summed E-state index contributed by atoms with van der Waals surface area (Å²) in [7, 11) is 0. The summed E-state index contributed by atoms with van der Waals surface area (Å²) >= 11 is 0. The zero-order valence-corrected chi connectivity index (χ0v) is 13.9. The lowest BCUT2D eigenvalue weighted by Crippen LogP contribution is -2.28. The second-order valence-electron chi connectivity index (χ2n) is 6.79. The van der Waals surface area contributed by atoms with E-state index in [0.717, 1.165) is 12.3 Å². The zero-order chi connectivity index (χ0) is 16.2. The summed E-state index contributed by atoms with van der Waals surface area (Å²) in [5.41, 5.74) is 4.58. The molecule has 116 valence electrons. The summed E-state index contributed by atoms with van der Waals surface area (Å²) in [4.78, 5) is 0. The molecule has 2 heteroatoms. The number of fused-ring (bicyclic) bond motifs is 5. The fourth-order valence-electron chi connectivity index (χ4n) is 3.56. The van der Waals surface area contributed by atoms with Crippen LogP contribution in [0.3, 0.4) is 0 Å². The van der Waals surface area contributed by atoms with Crippen LogP contribution in [-0.2, 0) is 6.54 Å².